The maximum atomic E-state index is 12.1. The molecule has 1 aromatic rings. The molecule has 2 fully saturated rings. The van der Waals surface area contributed by atoms with Crippen molar-refractivity contribution in [2.24, 2.45) is 35.5 Å². The molecule has 4 nitrogen and oxygen atoms in total. The molecule has 0 saturated heterocycles. The van der Waals surface area contributed by atoms with E-state index in [1.54, 1.807) is 0 Å². The number of aromatic carboxylic acids is 2. The van der Waals surface area contributed by atoms with Crippen molar-refractivity contribution in [3.8, 4) is 0 Å². The summed E-state index contributed by atoms with van der Waals surface area (Å²) in [5, 5.41) is 19.5. The summed E-state index contributed by atoms with van der Waals surface area (Å²) in [7, 11) is 0. The highest BCUT2D eigenvalue weighted by molar-refractivity contribution is 6.03. The van der Waals surface area contributed by atoms with Crippen LogP contribution in [-0.4, -0.2) is 22.2 Å². The van der Waals surface area contributed by atoms with Crippen LogP contribution >= 0.6 is 0 Å². The second-order valence-electron chi connectivity index (χ2n) is 9.22. The van der Waals surface area contributed by atoms with Crippen LogP contribution in [0.1, 0.15) is 57.5 Å². The van der Waals surface area contributed by atoms with E-state index >= 15 is 0 Å². The maximum absolute atomic E-state index is 12.1. The highest BCUT2D eigenvalue weighted by Gasteiger charge is 2.39. The van der Waals surface area contributed by atoms with Gasteiger partial charge in [0.25, 0.3) is 0 Å². The molecule has 1 aromatic carbocycles. The minimum absolute atomic E-state index is 0.0236. The first-order chi connectivity index (χ1) is 13.5. The fourth-order valence-corrected chi connectivity index (χ4v) is 6.34. The number of carboxylic acids is 2. The van der Waals surface area contributed by atoms with Crippen LogP contribution in [0.25, 0.3) is 0 Å². The molecule has 5 rings (SSSR count). The molecule has 2 N–H and O–H groups in total. The molecule has 6 atom stereocenters. The van der Waals surface area contributed by atoms with Crippen molar-refractivity contribution in [1.29, 1.82) is 0 Å². The van der Waals surface area contributed by atoms with Gasteiger partial charge in [-0.15, -0.1) is 0 Å². The van der Waals surface area contributed by atoms with Crippen molar-refractivity contribution in [3.05, 3.63) is 58.7 Å². The molecule has 0 spiro atoms. The lowest BCUT2D eigenvalue weighted by Crippen LogP contribution is -2.20. The quantitative estimate of drug-likeness (QED) is 0.710. The van der Waals surface area contributed by atoms with Crippen molar-refractivity contribution < 1.29 is 19.8 Å². The predicted octanol–water partition coefficient (Wildman–Crippen LogP) is 4.59. The van der Waals surface area contributed by atoms with E-state index in [1.165, 1.54) is 18.9 Å². The zero-order chi connectivity index (χ0) is 19.4. The van der Waals surface area contributed by atoms with Gasteiger partial charge in [0, 0.05) is 0 Å². The topological polar surface area (TPSA) is 74.6 Å². The van der Waals surface area contributed by atoms with Gasteiger partial charge in [0.15, 0.2) is 0 Å². The third-order valence-corrected chi connectivity index (χ3v) is 7.64. The minimum Gasteiger partial charge on any atom is -0.478 e. The molecule has 0 amide bonds. The Labute approximate surface area is 165 Å². The Balaban J connectivity index is 1.52. The molecule has 0 aromatic heterocycles. The number of rotatable bonds is 6. The summed E-state index contributed by atoms with van der Waals surface area (Å²) in [6.07, 6.45) is 15.4. The largest absolute Gasteiger partial charge is 0.478 e. The number of hydrogen-bond donors (Lipinski definition) is 2. The van der Waals surface area contributed by atoms with Crippen molar-refractivity contribution in [1.82, 2.24) is 0 Å². The zero-order valence-corrected chi connectivity index (χ0v) is 15.9. The Bertz CT molecular complexity index is 896. The number of allylic oxidation sites excluding steroid dienone is 4. The van der Waals surface area contributed by atoms with Gasteiger partial charge < -0.3 is 10.2 Å². The average Bonchev–Trinajstić information content (AvgIpc) is 3.43. The Morgan fingerprint density at radius 1 is 0.786 bits per heavy atom. The van der Waals surface area contributed by atoms with Gasteiger partial charge in [-0.05, 0) is 91.2 Å². The summed E-state index contributed by atoms with van der Waals surface area (Å²) >= 11 is 0. The van der Waals surface area contributed by atoms with E-state index in [2.05, 4.69) is 24.3 Å². The molecular weight excluding hydrogens is 352 g/mol. The van der Waals surface area contributed by atoms with Gasteiger partial charge in [-0.2, -0.15) is 0 Å². The normalized spacial score (nSPS) is 34.4. The third-order valence-electron chi connectivity index (χ3n) is 7.64. The van der Waals surface area contributed by atoms with Crippen LogP contribution < -0.4 is 0 Å². The highest BCUT2D eigenvalue weighted by Crippen LogP contribution is 2.47. The van der Waals surface area contributed by atoms with Crippen LogP contribution in [0.5, 0.6) is 0 Å². The molecule has 4 aliphatic carbocycles. The standard InChI is InChI=1S/C24H26O4/c25-23(26)20-6-5-17(11-18-9-13-1-3-15(18)7-13)21(22(20)24(27)28)12-19-10-14-2-4-16(19)8-14/h1-6,13-16,18-19H,7-12H2,(H,25,26)(H,27,28). The van der Waals surface area contributed by atoms with E-state index < -0.39 is 11.9 Å². The molecule has 2 saturated carbocycles. The van der Waals surface area contributed by atoms with Gasteiger partial charge >= 0.3 is 11.9 Å². The van der Waals surface area contributed by atoms with Crippen LogP contribution in [0.15, 0.2) is 36.4 Å². The van der Waals surface area contributed by atoms with Crippen molar-refractivity contribution in [2.45, 2.75) is 38.5 Å². The van der Waals surface area contributed by atoms with E-state index in [-0.39, 0.29) is 11.1 Å². The van der Waals surface area contributed by atoms with Crippen LogP contribution in [-0.2, 0) is 12.8 Å². The van der Waals surface area contributed by atoms with Crippen LogP contribution in [0.4, 0.5) is 0 Å². The van der Waals surface area contributed by atoms with E-state index in [1.807, 2.05) is 6.07 Å². The van der Waals surface area contributed by atoms with Gasteiger partial charge in [0.1, 0.15) is 0 Å². The maximum Gasteiger partial charge on any atom is 0.336 e. The molecule has 6 unspecified atom stereocenters. The van der Waals surface area contributed by atoms with Crippen LogP contribution in [0, 0.1) is 35.5 Å². The van der Waals surface area contributed by atoms with Gasteiger partial charge in [0.05, 0.1) is 11.1 Å². The lowest BCUT2D eigenvalue weighted by atomic mass is 9.79. The van der Waals surface area contributed by atoms with Gasteiger partial charge in [0.2, 0.25) is 0 Å². The highest BCUT2D eigenvalue weighted by atomic mass is 16.4. The zero-order valence-electron chi connectivity index (χ0n) is 15.9. The van der Waals surface area contributed by atoms with E-state index in [0.29, 0.717) is 41.9 Å². The summed E-state index contributed by atoms with van der Waals surface area (Å²) in [6, 6.07) is 3.40. The van der Waals surface area contributed by atoms with Crippen molar-refractivity contribution in [2.75, 3.05) is 0 Å². The monoisotopic (exact) mass is 378 g/mol. The number of benzene rings is 1. The molecule has 146 valence electrons. The van der Waals surface area contributed by atoms with Crippen molar-refractivity contribution in [3.63, 3.8) is 0 Å². The first-order valence-electron chi connectivity index (χ1n) is 10.5. The van der Waals surface area contributed by atoms with Gasteiger partial charge in [-0.1, -0.05) is 30.4 Å². The number of carbonyl (C=O) groups is 2. The Morgan fingerprint density at radius 3 is 1.86 bits per heavy atom. The van der Waals surface area contributed by atoms with E-state index in [0.717, 1.165) is 30.4 Å². The molecular formula is C24H26O4. The van der Waals surface area contributed by atoms with Gasteiger partial charge in [-0.25, -0.2) is 9.59 Å². The van der Waals surface area contributed by atoms with Crippen LogP contribution in [0.3, 0.4) is 0 Å². The fourth-order valence-electron chi connectivity index (χ4n) is 6.34. The Hall–Kier alpha value is -2.36. The van der Waals surface area contributed by atoms with E-state index in [4.69, 9.17) is 0 Å². The van der Waals surface area contributed by atoms with Crippen molar-refractivity contribution >= 4 is 11.9 Å². The molecule has 0 heterocycles. The third kappa shape index (κ3) is 2.90. The molecule has 4 bridgehead atoms. The average molecular weight is 378 g/mol. The second kappa shape index (κ2) is 6.61. The predicted molar refractivity (Wildman–Crippen MR) is 105 cm³/mol. The Morgan fingerprint density at radius 2 is 1.39 bits per heavy atom. The summed E-state index contributed by atoms with van der Waals surface area (Å²) < 4.78 is 0. The van der Waals surface area contributed by atoms with E-state index in [9.17, 15) is 19.8 Å². The SMILES string of the molecule is O=C(O)c1ccc(CC2CC3C=CC2C3)c(CC2CC3C=CC2C3)c1C(=O)O. The summed E-state index contributed by atoms with van der Waals surface area (Å²) in [5.74, 6) is 1.11. The lowest BCUT2D eigenvalue weighted by molar-refractivity contribution is 0.0650. The fraction of sp³-hybridized carbons (Fsp3) is 0.500. The summed E-state index contributed by atoms with van der Waals surface area (Å²) in [4.78, 5) is 23.8. The second-order valence-corrected chi connectivity index (χ2v) is 9.22. The lowest BCUT2D eigenvalue weighted by Gasteiger charge is -2.25. The molecule has 0 radical (unpaired) electrons. The first kappa shape index (κ1) is 17.7. The Kier molecular flexibility index (Phi) is 4.18. The number of carboxylic acid groups (broad SMARTS) is 2. The minimum atomic E-state index is -1.15. The smallest absolute Gasteiger partial charge is 0.336 e. The van der Waals surface area contributed by atoms with Gasteiger partial charge in [-0.3, -0.25) is 0 Å². The molecule has 28 heavy (non-hydrogen) atoms. The van der Waals surface area contributed by atoms with Crippen LogP contribution in [0.2, 0.25) is 0 Å². The molecule has 4 aliphatic rings. The summed E-state index contributed by atoms with van der Waals surface area (Å²) in [6.45, 7) is 0. The number of fused-ring (bicyclic) bond motifs is 4. The number of hydrogen-bond acceptors (Lipinski definition) is 2. The molecule has 0 aliphatic heterocycles. The molecule has 4 heteroatoms. The first-order valence-corrected chi connectivity index (χ1v) is 10.5. The summed E-state index contributed by atoms with van der Waals surface area (Å²) in [5.41, 5.74) is 1.79.